The monoisotopic (exact) mass is 496 g/mol. The van der Waals surface area contributed by atoms with Crippen molar-refractivity contribution in [1.29, 1.82) is 0 Å². The highest BCUT2D eigenvalue weighted by molar-refractivity contribution is 6.04. The lowest BCUT2D eigenvalue weighted by molar-refractivity contribution is -0.143. The largest absolute Gasteiger partial charge is 0.453 e. The lowest BCUT2D eigenvalue weighted by Gasteiger charge is -2.44. The van der Waals surface area contributed by atoms with Gasteiger partial charge in [-0.15, -0.1) is 0 Å². The van der Waals surface area contributed by atoms with Gasteiger partial charge in [0.25, 0.3) is 17.7 Å². The first-order valence-electron chi connectivity index (χ1n) is 11.0. The summed E-state index contributed by atoms with van der Waals surface area (Å²) < 4.78 is 39.0. The molecule has 5 rings (SSSR count). The number of halogens is 2. The second-order valence-electron chi connectivity index (χ2n) is 8.89. The van der Waals surface area contributed by atoms with Gasteiger partial charge in [0.05, 0.1) is 13.3 Å². The van der Waals surface area contributed by atoms with E-state index in [4.69, 9.17) is 4.52 Å². The summed E-state index contributed by atoms with van der Waals surface area (Å²) in [6.07, 6.45) is 1.01. The molecule has 1 fully saturated rings. The summed E-state index contributed by atoms with van der Waals surface area (Å²) >= 11 is 0. The summed E-state index contributed by atoms with van der Waals surface area (Å²) in [5.41, 5.74) is 2.28. The van der Waals surface area contributed by atoms with E-state index in [0.717, 1.165) is 18.2 Å². The maximum absolute atomic E-state index is 13.7. The highest BCUT2D eigenvalue weighted by Gasteiger charge is 2.61. The van der Waals surface area contributed by atoms with E-state index in [1.807, 2.05) is 26.0 Å². The number of rotatable bonds is 5. The summed E-state index contributed by atoms with van der Waals surface area (Å²) in [5.74, 6) is -3.38. The molecule has 1 aliphatic carbocycles. The van der Waals surface area contributed by atoms with Gasteiger partial charge in [-0.2, -0.15) is 4.98 Å². The van der Waals surface area contributed by atoms with Gasteiger partial charge >= 0.3 is 6.09 Å². The molecular weight excluding hydrogens is 474 g/mol. The molecule has 0 bridgehead atoms. The number of aromatic nitrogens is 4. The molecule has 36 heavy (non-hydrogen) atoms. The van der Waals surface area contributed by atoms with Crippen LogP contribution in [0.1, 0.15) is 40.3 Å². The Hall–Kier alpha value is -4.35. The van der Waals surface area contributed by atoms with Gasteiger partial charge in [-0.25, -0.2) is 18.6 Å². The van der Waals surface area contributed by atoms with E-state index >= 15 is 0 Å². The molecule has 2 amide bonds. The quantitative estimate of drug-likeness (QED) is 0.424. The number of methoxy groups -OCH3 is 1. The van der Waals surface area contributed by atoms with Crippen LogP contribution in [-0.4, -0.2) is 44.6 Å². The zero-order valence-corrected chi connectivity index (χ0v) is 19.6. The molecule has 1 aliphatic rings. The number of alkyl halides is 2. The van der Waals surface area contributed by atoms with E-state index in [1.54, 1.807) is 28.8 Å². The van der Waals surface area contributed by atoms with Crippen LogP contribution in [0.25, 0.3) is 17.0 Å². The van der Waals surface area contributed by atoms with Crippen molar-refractivity contribution in [2.45, 2.75) is 38.2 Å². The van der Waals surface area contributed by atoms with Gasteiger partial charge in [-0.05, 0) is 43.2 Å². The van der Waals surface area contributed by atoms with E-state index in [-0.39, 0.29) is 17.6 Å². The van der Waals surface area contributed by atoms with Crippen LogP contribution < -0.4 is 10.6 Å². The second kappa shape index (κ2) is 8.40. The average molecular weight is 496 g/mol. The van der Waals surface area contributed by atoms with Gasteiger partial charge in [0.15, 0.2) is 0 Å². The molecule has 186 valence electrons. The summed E-state index contributed by atoms with van der Waals surface area (Å²) in [6, 6.07) is 8.89. The predicted octanol–water partition coefficient (Wildman–Crippen LogP) is 4.23. The number of amides is 2. The fourth-order valence-electron chi connectivity index (χ4n) is 4.24. The van der Waals surface area contributed by atoms with Gasteiger partial charge in [-0.3, -0.25) is 9.20 Å². The third-order valence-corrected chi connectivity index (χ3v) is 6.13. The van der Waals surface area contributed by atoms with Crippen molar-refractivity contribution in [3.8, 4) is 11.4 Å². The molecule has 0 spiro atoms. The Morgan fingerprint density at radius 1 is 1.17 bits per heavy atom. The lowest BCUT2D eigenvalue weighted by atomic mass is 9.73. The van der Waals surface area contributed by atoms with Crippen LogP contribution in [0.2, 0.25) is 0 Å². The van der Waals surface area contributed by atoms with Crippen molar-refractivity contribution in [2.75, 3.05) is 12.4 Å². The Balaban J connectivity index is 1.41. The van der Waals surface area contributed by atoms with Crippen molar-refractivity contribution in [2.24, 2.45) is 0 Å². The van der Waals surface area contributed by atoms with E-state index in [0.29, 0.717) is 22.6 Å². The second-order valence-corrected chi connectivity index (χ2v) is 8.89. The first-order chi connectivity index (χ1) is 17.1. The van der Waals surface area contributed by atoms with Crippen molar-refractivity contribution in [3.05, 3.63) is 65.4 Å². The van der Waals surface area contributed by atoms with Crippen molar-refractivity contribution in [1.82, 2.24) is 24.8 Å². The van der Waals surface area contributed by atoms with Crippen molar-refractivity contribution < 1.29 is 27.6 Å². The first-order valence-corrected chi connectivity index (χ1v) is 11.0. The number of carbonyl (C=O) groups is 2. The number of nitrogens with one attached hydrogen (secondary N) is 2. The number of pyridine rings is 1. The Bertz CT molecular complexity index is 1490. The number of anilines is 1. The van der Waals surface area contributed by atoms with E-state index < -0.39 is 30.4 Å². The number of imidazole rings is 1. The summed E-state index contributed by atoms with van der Waals surface area (Å²) in [5, 5.41) is 9.18. The normalized spacial score (nSPS) is 15.8. The molecule has 1 saturated carbocycles. The maximum atomic E-state index is 13.7. The highest BCUT2D eigenvalue weighted by Crippen LogP contribution is 2.51. The van der Waals surface area contributed by atoms with Crippen LogP contribution in [0.15, 0.2) is 47.2 Å². The molecule has 4 aromatic rings. The number of carbonyl (C=O) groups excluding carboxylic acids is 2. The third-order valence-electron chi connectivity index (χ3n) is 6.13. The number of hydrogen-bond acceptors (Lipinski definition) is 7. The Kier molecular flexibility index (Phi) is 5.46. The summed E-state index contributed by atoms with van der Waals surface area (Å²) in [4.78, 5) is 33.3. The standard InChI is InChI=1S/C24H22F2N6O4/c1-13-6-7-32-17(10-27-18(32)8-13)20(33)28-16-9-15(5-4-14(16)2)19-29-21(36-31-19)23(30-22(34)35-3)11-24(25,26)12-23/h4-10H,11-12H2,1-3H3,(H,28,33)(H,30,34). The number of nitrogens with zero attached hydrogens (tertiary/aromatic N) is 4. The molecule has 3 aromatic heterocycles. The van der Waals surface area contributed by atoms with Crippen LogP contribution in [0.4, 0.5) is 19.3 Å². The Labute approximate surface area is 203 Å². The Morgan fingerprint density at radius 3 is 2.67 bits per heavy atom. The maximum Gasteiger partial charge on any atom is 0.407 e. The minimum atomic E-state index is -2.98. The number of fused-ring (bicyclic) bond motifs is 1. The van der Waals surface area contributed by atoms with Crippen LogP contribution in [0.3, 0.4) is 0 Å². The molecule has 0 saturated heterocycles. The number of aryl methyl sites for hydroxylation is 2. The van der Waals surface area contributed by atoms with Crippen molar-refractivity contribution in [3.63, 3.8) is 0 Å². The highest BCUT2D eigenvalue weighted by atomic mass is 19.3. The molecule has 2 N–H and O–H groups in total. The van der Waals surface area contributed by atoms with Gasteiger partial charge in [-0.1, -0.05) is 17.3 Å². The number of ether oxygens (including phenoxy) is 1. The van der Waals surface area contributed by atoms with Crippen molar-refractivity contribution >= 4 is 23.3 Å². The molecule has 0 atom stereocenters. The van der Waals surface area contributed by atoms with Gasteiger partial charge in [0.1, 0.15) is 16.9 Å². The molecule has 0 unspecified atom stereocenters. The number of benzene rings is 1. The SMILES string of the molecule is COC(=O)NC1(c2nc(-c3ccc(C)c(NC(=O)c4cnc5cc(C)ccn45)c3)no2)CC(F)(F)C1. The molecule has 1 aromatic carbocycles. The minimum absolute atomic E-state index is 0.118. The molecule has 10 nitrogen and oxygen atoms in total. The zero-order valence-electron chi connectivity index (χ0n) is 19.6. The topological polar surface area (TPSA) is 124 Å². The van der Waals surface area contributed by atoms with Crippen LogP contribution in [0.5, 0.6) is 0 Å². The third kappa shape index (κ3) is 4.14. The fraction of sp³-hybridized carbons (Fsp3) is 0.292. The van der Waals surface area contributed by atoms with Gasteiger partial charge < -0.3 is 19.9 Å². The molecule has 12 heteroatoms. The summed E-state index contributed by atoms with van der Waals surface area (Å²) in [6.45, 7) is 3.76. The Morgan fingerprint density at radius 2 is 1.94 bits per heavy atom. The lowest BCUT2D eigenvalue weighted by Crippen LogP contribution is -2.60. The molecule has 0 radical (unpaired) electrons. The fourth-order valence-corrected chi connectivity index (χ4v) is 4.24. The van der Waals surface area contributed by atoms with Gasteiger partial charge in [0.2, 0.25) is 5.82 Å². The van der Waals surface area contributed by atoms with Crippen LogP contribution in [0, 0.1) is 13.8 Å². The first kappa shape index (κ1) is 23.4. The minimum Gasteiger partial charge on any atom is -0.453 e. The average Bonchev–Trinajstić information content (AvgIpc) is 3.46. The molecular formula is C24H22F2N6O4. The number of hydrogen-bond donors (Lipinski definition) is 2. The van der Waals surface area contributed by atoms with E-state index in [2.05, 4.69) is 30.5 Å². The van der Waals surface area contributed by atoms with Gasteiger partial charge in [0, 0.05) is 30.3 Å². The summed E-state index contributed by atoms with van der Waals surface area (Å²) in [7, 11) is 1.13. The predicted molar refractivity (Wildman–Crippen MR) is 124 cm³/mol. The molecule has 0 aliphatic heterocycles. The zero-order chi connectivity index (χ0) is 25.7. The smallest absolute Gasteiger partial charge is 0.407 e. The van der Waals surface area contributed by atoms with E-state index in [1.165, 1.54) is 6.20 Å². The van der Waals surface area contributed by atoms with E-state index in [9.17, 15) is 18.4 Å². The van der Waals surface area contributed by atoms with Crippen LogP contribution in [-0.2, 0) is 10.3 Å². The van der Waals surface area contributed by atoms with Crippen LogP contribution >= 0.6 is 0 Å². The molecule has 3 heterocycles. The number of alkyl carbamates (subject to hydrolysis) is 1.